The van der Waals surface area contributed by atoms with Crippen LogP contribution in [-0.2, 0) is 28.7 Å². The van der Waals surface area contributed by atoms with Crippen LogP contribution in [0.4, 0.5) is 0 Å². The van der Waals surface area contributed by atoms with Gasteiger partial charge in [0.2, 0.25) is 0 Å². The number of aliphatic carboxylic acids is 2. The van der Waals surface area contributed by atoms with Crippen molar-refractivity contribution in [2.45, 2.75) is 38.1 Å². The number of ether oxygens (including phenoxy) is 2. The van der Waals surface area contributed by atoms with Crippen LogP contribution in [0.5, 0.6) is 0 Å². The first kappa shape index (κ1) is 30.9. The van der Waals surface area contributed by atoms with Crippen LogP contribution in [0.2, 0.25) is 0 Å². The third kappa shape index (κ3) is 18.2. The number of hydrogen-bond donors (Lipinski definition) is 2. The zero-order valence-corrected chi connectivity index (χ0v) is 19.3. The van der Waals surface area contributed by atoms with Crippen molar-refractivity contribution in [3.63, 3.8) is 0 Å². The van der Waals surface area contributed by atoms with E-state index >= 15 is 0 Å². The Labute approximate surface area is 182 Å². The van der Waals surface area contributed by atoms with Gasteiger partial charge in [0.15, 0.2) is 12.2 Å². The molecule has 0 aliphatic heterocycles. The summed E-state index contributed by atoms with van der Waals surface area (Å²) in [5, 5.41) is 38.4. The number of carboxylic acid groups (broad SMARTS) is 2. The fourth-order valence-electron chi connectivity index (χ4n) is 1.97. The van der Waals surface area contributed by atoms with E-state index in [0.29, 0.717) is 22.1 Å². The largest absolute Gasteiger partial charge is 0.550 e. The van der Waals surface area contributed by atoms with E-state index in [4.69, 9.17) is 14.9 Å². The number of carboxylic acids is 2. The molecule has 12 nitrogen and oxygen atoms in total. The zero-order chi connectivity index (χ0) is 25.0. The third-order valence-corrected chi connectivity index (χ3v) is 3.52. The maximum absolute atomic E-state index is 11.0. The van der Waals surface area contributed by atoms with Gasteiger partial charge in [0, 0.05) is 18.8 Å². The molecule has 0 saturated heterocycles. The van der Waals surface area contributed by atoms with Crippen molar-refractivity contribution in [1.29, 1.82) is 0 Å². The smallest absolute Gasteiger partial charge is 0.338 e. The lowest BCUT2D eigenvalue weighted by atomic mass is 10.2. The number of esters is 2. The molecule has 0 heterocycles. The summed E-state index contributed by atoms with van der Waals surface area (Å²) in [7, 11) is 11.3. The Kier molecular flexibility index (Phi) is 13.9. The predicted octanol–water partition coefficient (Wildman–Crippen LogP) is -4.14. The summed E-state index contributed by atoms with van der Waals surface area (Å²) in [5.41, 5.74) is 0. The second-order valence-corrected chi connectivity index (χ2v) is 8.90. The first-order valence-electron chi connectivity index (χ1n) is 9.63. The van der Waals surface area contributed by atoms with Crippen molar-refractivity contribution in [3.8, 4) is 0 Å². The van der Waals surface area contributed by atoms with Gasteiger partial charge in [-0.2, -0.15) is 0 Å². The molecule has 0 spiro atoms. The molecule has 0 radical (unpaired) electrons. The molecule has 12 heteroatoms. The second-order valence-electron chi connectivity index (χ2n) is 8.90. The minimum Gasteiger partial charge on any atom is -0.550 e. The Hall–Kier alpha value is -2.28. The van der Waals surface area contributed by atoms with E-state index in [9.17, 15) is 29.4 Å². The van der Waals surface area contributed by atoms with Gasteiger partial charge in [-0.1, -0.05) is 6.92 Å². The van der Waals surface area contributed by atoms with Gasteiger partial charge in [0.25, 0.3) is 0 Å². The quantitative estimate of drug-likeness (QED) is 0.219. The molecular formula is C19H36N2O10. The van der Waals surface area contributed by atoms with E-state index in [0.717, 1.165) is 0 Å². The summed E-state index contributed by atoms with van der Waals surface area (Å²) >= 11 is 0. The standard InChI is InChI=1S/C10H19NO4.C9H17NO6/c1-5-10(14)15-8(6-9(12)13)7-11(2,3)4;1-10(2,3)4-5-16-9(15)7(12)6(11)8(13)14/h8H,5-7H2,1-4H3;6-7,11-12H,4-5H2,1-3H3/t8-;/m1./s1. The maximum Gasteiger partial charge on any atom is 0.338 e. The molecule has 2 N–H and O–H groups in total. The summed E-state index contributed by atoms with van der Waals surface area (Å²) in [4.78, 5) is 42.7. The summed E-state index contributed by atoms with van der Waals surface area (Å²) < 4.78 is 10.7. The Morgan fingerprint density at radius 1 is 0.903 bits per heavy atom. The van der Waals surface area contributed by atoms with E-state index in [2.05, 4.69) is 4.74 Å². The van der Waals surface area contributed by atoms with Crippen LogP contribution in [0, 0.1) is 0 Å². The Balaban J connectivity index is 0. The number of carbonyl (C=O) groups is 4. The van der Waals surface area contributed by atoms with Crippen LogP contribution in [0.15, 0.2) is 0 Å². The van der Waals surface area contributed by atoms with Gasteiger partial charge in [0.05, 0.1) is 48.3 Å². The highest BCUT2D eigenvalue weighted by Gasteiger charge is 2.27. The molecule has 0 aromatic heterocycles. The molecule has 0 aromatic carbocycles. The van der Waals surface area contributed by atoms with E-state index in [-0.39, 0.29) is 25.4 Å². The van der Waals surface area contributed by atoms with Gasteiger partial charge in [-0.25, -0.2) is 4.79 Å². The molecule has 0 aliphatic rings. The third-order valence-electron chi connectivity index (χ3n) is 3.52. The fraction of sp³-hybridized carbons (Fsp3) is 0.789. The average molecular weight is 453 g/mol. The fourth-order valence-corrected chi connectivity index (χ4v) is 1.97. The minimum absolute atomic E-state index is 0.0269. The lowest BCUT2D eigenvalue weighted by Crippen LogP contribution is -2.48. The van der Waals surface area contributed by atoms with Crippen molar-refractivity contribution in [1.82, 2.24) is 0 Å². The zero-order valence-electron chi connectivity index (χ0n) is 19.3. The van der Waals surface area contributed by atoms with E-state index < -0.39 is 36.2 Å². The molecule has 2 unspecified atom stereocenters. The van der Waals surface area contributed by atoms with Gasteiger partial charge >= 0.3 is 11.9 Å². The summed E-state index contributed by atoms with van der Waals surface area (Å²) in [6, 6.07) is 0. The van der Waals surface area contributed by atoms with Crippen LogP contribution in [0.3, 0.4) is 0 Å². The van der Waals surface area contributed by atoms with Crippen molar-refractivity contribution in [2.24, 2.45) is 0 Å². The number of nitrogens with zero attached hydrogens (tertiary/aromatic N) is 2. The molecule has 0 aliphatic carbocycles. The molecular weight excluding hydrogens is 416 g/mol. The SMILES string of the molecule is CCC(=O)O[C@H](CC(=O)[O-])C[N+](C)(C)C.C[N+](C)(C)CCOC(=O)C(O)C(O)C(=O)[O-]. The van der Waals surface area contributed by atoms with Crippen LogP contribution in [-0.4, -0.2) is 123 Å². The van der Waals surface area contributed by atoms with E-state index in [1.54, 1.807) is 6.92 Å². The monoisotopic (exact) mass is 452 g/mol. The lowest BCUT2D eigenvalue weighted by Gasteiger charge is -2.29. The van der Waals surface area contributed by atoms with Gasteiger partial charge in [-0.3, -0.25) is 4.79 Å². The average Bonchev–Trinajstić information content (AvgIpc) is 2.57. The second kappa shape index (κ2) is 13.9. The normalized spacial score (nSPS) is 14.4. The lowest BCUT2D eigenvalue weighted by molar-refractivity contribution is -0.873. The molecule has 0 rings (SSSR count). The number of carbonyl (C=O) groups excluding carboxylic acids is 4. The van der Waals surface area contributed by atoms with Crippen LogP contribution in [0.1, 0.15) is 19.8 Å². The van der Waals surface area contributed by atoms with Gasteiger partial charge in [-0.15, -0.1) is 0 Å². The molecule has 3 atom stereocenters. The van der Waals surface area contributed by atoms with E-state index in [1.807, 2.05) is 42.3 Å². The summed E-state index contributed by atoms with van der Waals surface area (Å²) in [6.45, 7) is 2.66. The number of hydrogen-bond acceptors (Lipinski definition) is 10. The van der Waals surface area contributed by atoms with Gasteiger partial charge in [0.1, 0.15) is 25.8 Å². The molecule has 182 valence electrons. The molecule has 0 aromatic rings. The number of aliphatic hydroxyl groups is 2. The van der Waals surface area contributed by atoms with Crippen LogP contribution < -0.4 is 10.2 Å². The summed E-state index contributed by atoms with van der Waals surface area (Å²) in [5.74, 6) is -4.67. The molecule has 0 amide bonds. The maximum atomic E-state index is 11.0. The topological polar surface area (TPSA) is 173 Å². The van der Waals surface area contributed by atoms with Crippen molar-refractivity contribution >= 4 is 23.9 Å². The Morgan fingerprint density at radius 2 is 1.42 bits per heavy atom. The molecule has 0 bridgehead atoms. The van der Waals surface area contributed by atoms with Crippen LogP contribution in [0.25, 0.3) is 0 Å². The van der Waals surface area contributed by atoms with Crippen molar-refractivity contribution < 1.29 is 58.0 Å². The van der Waals surface area contributed by atoms with Crippen molar-refractivity contribution in [3.05, 3.63) is 0 Å². The van der Waals surface area contributed by atoms with Gasteiger partial charge < -0.3 is 48.5 Å². The number of rotatable bonds is 12. The van der Waals surface area contributed by atoms with Crippen molar-refractivity contribution in [2.75, 3.05) is 62.0 Å². The first-order valence-corrected chi connectivity index (χ1v) is 9.63. The minimum atomic E-state index is -2.27. The highest BCUT2D eigenvalue weighted by molar-refractivity contribution is 5.83. The van der Waals surface area contributed by atoms with Gasteiger partial charge in [-0.05, 0) is 0 Å². The Bertz CT molecular complexity index is 595. The number of likely N-dealkylation sites (N-methyl/N-ethyl adjacent to an activating group) is 2. The summed E-state index contributed by atoms with van der Waals surface area (Å²) in [6.07, 6.45) is -4.99. The number of aliphatic hydroxyl groups excluding tert-OH is 2. The highest BCUT2D eigenvalue weighted by atomic mass is 16.6. The molecule has 0 saturated carbocycles. The highest BCUT2D eigenvalue weighted by Crippen LogP contribution is 2.05. The number of quaternary nitrogens is 2. The predicted molar refractivity (Wildman–Crippen MR) is 104 cm³/mol. The Morgan fingerprint density at radius 3 is 1.77 bits per heavy atom. The molecule has 31 heavy (non-hydrogen) atoms. The van der Waals surface area contributed by atoms with Crippen LogP contribution >= 0.6 is 0 Å². The molecule has 0 fully saturated rings. The first-order chi connectivity index (χ1) is 13.9. The van der Waals surface area contributed by atoms with E-state index in [1.165, 1.54) is 0 Å².